The van der Waals surface area contributed by atoms with Crippen molar-refractivity contribution in [2.75, 3.05) is 20.3 Å². The van der Waals surface area contributed by atoms with Crippen LogP contribution in [0.4, 0.5) is 0 Å². The second kappa shape index (κ2) is 7.25. The number of rotatable bonds is 7. The van der Waals surface area contributed by atoms with Crippen LogP contribution in [0.3, 0.4) is 0 Å². The highest BCUT2D eigenvalue weighted by molar-refractivity contribution is 5.20. The first-order valence-corrected chi connectivity index (χ1v) is 6.01. The van der Waals surface area contributed by atoms with Crippen molar-refractivity contribution in [3.05, 3.63) is 23.9 Å². The van der Waals surface area contributed by atoms with E-state index < -0.39 is 0 Å². The van der Waals surface area contributed by atoms with E-state index in [2.05, 4.69) is 17.2 Å². The molecule has 0 radical (unpaired) electrons. The van der Waals surface area contributed by atoms with Crippen molar-refractivity contribution in [1.82, 2.24) is 10.3 Å². The van der Waals surface area contributed by atoms with Crippen molar-refractivity contribution < 1.29 is 9.47 Å². The first-order valence-electron chi connectivity index (χ1n) is 6.01. The first-order chi connectivity index (χ1) is 8.13. The molecule has 1 unspecified atom stereocenters. The fraction of sp³-hybridized carbons (Fsp3) is 0.615. The summed E-state index contributed by atoms with van der Waals surface area (Å²) in [5.74, 6) is 0.643. The van der Waals surface area contributed by atoms with Gasteiger partial charge in [-0.1, -0.05) is 6.07 Å². The highest BCUT2D eigenvalue weighted by Gasteiger charge is 2.03. The molecule has 1 aromatic rings. The van der Waals surface area contributed by atoms with Gasteiger partial charge < -0.3 is 14.8 Å². The zero-order valence-corrected chi connectivity index (χ0v) is 11.1. The van der Waals surface area contributed by atoms with Crippen LogP contribution in [-0.4, -0.2) is 31.3 Å². The summed E-state index contributed by atoms with van der Waals surface area (Å²) in [4.78, 5) is 4.25. The standard InChI is InChI=1S/C13H22N2O2/c1-10(2)16-7-8-17-13-6-5-12(9-15-13)11(3)14-4/h5-6,9-11,14H,7-8H2,1-4H3. The third-order valence-corrected chi connectivity index (χ3v) is 2.48. The Morgan fingerprint density at radius 3 is 2.53 bits per heavy atom. The van der Waals surface area contributed by atoms with E-state index in [9.17, 15) is 0 Å². The van der Waals surface area contributed by atoms with E-state index in [1.807, 2.05) is 39.2 Å². The summed E-state index contributed by atoms with van der Waals surface area (Å²) in [5, 5.41) is 3.16. The van der Waals surface area contributed by atoms with Gasteiger partial charge in [0.25, 0.3) is 0 Å². The van der Waals surface area contributed by atoms with Crippen LogP contribution >= 0.6 is 0 Å². The van der Waals surface area contributed by atoms with Crippen molar-refractivity contribution in [1.29, 1.82) is 0 Å². The molecule has 1 N–H and O–H groups in total. The fourth-order valence-electron chi connectivity index (χ4n) is 1.33. The zero-order valence-electron chi connectivity index (χ0n) is 11.1. The van der Waals surface area contributed by atoms with Crippen LogP contribution in [0.25, 0.3) is 0 Å². The Morgan fingerprint density at radius 2 is 2.00 bits per heavy atom. The SMILES string of the molecule is CNC(C)c1ccc(OCCOC(C)C)nc1. The molecule has 0 saturated heterocycles. The molecule has 1 heterocycles. The quantitative estimate of drug-likeness (QED) is 0.739. The maximum Gasteiger partial charge on any atom is 0.213 e. The van der Waals surface area contributed by atoms with Gasteiger partial charge in [-0.05, 0) is 33.4 Å². The van der Waals surface area contributed by atoms with E-state index in [1.165, 1.54) is 0 Å². The van der Waals surface area contributed by atoms with Crippen LogP contribution in [-0.2, 0) is 4.74 Å². The molecule has 1 rings (SSSR count). The van der Waals surface area contributed by atoms with Crippen molar-refractivity contribution in [2.24, 2.45) is 0 Å². The summed E-state index contributed by atoms with van der Waals surface area (Å²) in [6.45, 7) is 7.23. The van der Waals surface area contributed by atoms with Gasteiger partial charge in [-0.15, -0.1) is 0 Å². The van der Waals surface area contributed by atoms with Crippen LogP contribution in [0.1, 0.15) is 32.4 Å². The molecule has 0 amide bonds. The van der Waals surface area contributed by atoms with Crippen LogP contribution in [0.15, 0.2) is 18.3 Å². The Balaban J connectivity index is 2.35. The second-order valence-electron chi connectivity index (χ2n) is 4.21. The highest BCUT2D eigenvalue weighted by Crippen LogP contribution is 2.13. The normalized spacial score (nSPS) is 12.8. The molecule has 0 aliphatic heterocycles. The molecule has 0 bridgehead atoms. The smallest absolute Gasteiger partial charge is 0.213 e. The van der Waals surface area contributed by atoms with Crippen LogP contribution in [0.2, 0.25) is 0 Å². The molecule has 0 aromatic carbocycles. The number of nitrogens with one attached hydrogen (secondary N) is 1. The van der Waals surface area contributed by atoms with Crippen LogP contribution in [0, 0.1) is 0 Å². The molecule has 4 heteroatoms. The van der Waals surface area contributed by atoms with E-state index in [1.54, 1.807) is 0 Å². The largest absolute Gasteiger partial charge is 0.475 e. The average Bonchev–Trinajstić information content (AvgIpc) is 2.34. The summed E-state index contributed by atoms with van der Waals surface area (Å²) in [6, 6.07) is 4.21. The lowest BCUT2D eigenvalue weighted by atomic mass is 10.1. The molecule has 0 aliphatic carbocycles. The maximum atomic E-state index is 5.47. The number of hydrogen-bond acceptors (Lipinski definition) is 4. The van der Waals surface area contributed by atoms with Crippen LogP contribution in [0.5, 0.6) is 5.88 Å². The molecule has 1 atom stereocenters. The Morgan fingerprint density at radius 1 is 1.24 bits per heavy atom. The summed E-state index contributed by atoms with van der Waals surface area (Å²) in [5.41, 5.74) is 1.15. The van der Waals surface area contributed by atoms with Gasteiger partial charge in [0.05, 0.1) is 12.7 Å². The average molecular weight is 238 g/mol. The number of pyridine rings is 1. The molecule has 0 aliphatic rings. The third kappa shape index (κ3) is 5.15. The lowest BCUT2D eigenvalue weighted by molar-refractivity contribution is 0.0542. The molecule has 17 heavy (non-hydrogen) atoms. The van der Waals surface area contributed by atoms with Crippen molar-refractivity contribution in [2.45, 2.75) is 32.9 Å². The van der Waals surface area contributed by atoms with Gasteiger partial charge >= 0.3 is 0 Å². The molecular weight excluding hydrogens is 216 g/mol. The lowest BCUT2D eigenvalue weighted by Crippen LogP contribution is -2.13. The van der Waals surface area contributed by atoms with Gasteiger partial charge in [0.1, 0.15) is 6.61 Å². The lowest BCUT2D eigenvalue weighted by Gasteiger charge is -2.11. The molecule has 1 aromatic heterocycles. The summed E-state index contributed by atoms with van der Waals surface area (Å²) >= 11 is 0. The van der Waals surface area contributed by atoms with Crippen molar-refractivity contribution >= 4 is 0 Å². The summed E-state index contributed by atoms with van der Waals surface area (Å²) < 4.78 is 10.8. The minimum absolute atomic E-state index is 0.241. The van der Waals surface area contributed by atoms with Gasteiger partial charge in [0.15, 0.2) is 0 Å². The minimum Gasteiger partial charge on any atom is -0.475 e. The molecule has 0 spiro atoms. The number of nitrogens with zero attached hydrogens (tertiary/aromatic N) is 1. The third-order valence-electron chi connectivity index (χ3n) is 2.48. The fourth-order valence-corrected chi connectivity index (χ4v) is 1.33. The van der Waals surface area contributed by atoms with Crippen LogP contribution < -0.4 is 10.1 Å². The molecular formula is C13H22N2O2. The zero-order chi connectivity index (χ0) is 12.7. The van der Waals surface area contributed by atoms with Gasteiger partial charge in [0, 0.05) is 18.3 Å². The van der Waals surface area contributed by atoms with E-state index in [0.29, 0.717) is 25.1 Å². The van der Waals surface area contributed by atoms with Gasteiger partial charge in [0.2, 0.25) is 5.88 Å². The topological polar surface area (TPSA) is 43.4 Å². The highest BCUT2D eigenvalue weighted by atomic mass is 16.5. The second-order valence-corrected chi connectivity index (χ2v) is 4.21. The summed E-state index contributed by atoms with van der Waals surface area (Å²) in [6.07, 6.45) is 2.07. The van der Waals surface area contributed by atoms with E-state index in [0.717, 1.165) is 5.56 Å². The minimum atomic E-state index is 0.241. The number of ether oxygens (including phenoxy) is 2. The molecule has 0 saturated carbocycles. The Hall–Kier alpha value is -1.13. The van der Waals surface area contributed by atoms with Gasteiger partial charge in [-0.3, -0.25) is 0 Å². The van der Waals surface area contributed by atoms with Gasteiger partial charge in [-0.25, -0.2) is 4.98 Å². The van der Waals surface area contributed by atoms with E-state index in [4.69, 9.17) is 9.47 Å². The van der Waals surface area contributed by atoms with Gasteiger partial charge in [-0.2, -0.15) is 0 Å². The predicted molar refractivity (Wildman–Crippen MR) is 68.3 cm³/mol. The first kappa shape index (κ1) is 13.9. The maximum absolute atomic E-state index is 5.47. The number of hydrogen-bond donors (Lipinski definition) is 1. The molecule has 4 nitrogen and oxygen atoms in total. The monoisotopic (exact) mass is 238 g/mol. The van der Waals surface area contributed by atoms with Crippen molar-refractivity contribution in [3.63, 3.8) is 0 Å². The molecule has 0 fully saturated rings. The Bertz CT molecular complexity index is 312. The van der Waals surface area contributed by atoms with E-state index >= 15 is 0 Å². The summed E-state index contributed by atoms with van der Waals surface area (Å²) in [7, 11) is 1.93. The Kier molecular flexibility index (Phi) is 5.94. The predicted octanol–water partition coefficient (Wildman–Crippen LogP) is 2.17. The Labute approximate surface area is 103 Å². The van der Waals surface area contributed by atoms with E-state index in [-0.39, 0.29) is 6.10 Å². The number of aromatic nitrogens is 1. The van der Waals surface area contributed by atoms with Crippen molar-refractivity contribution in [3.8, 4) is 5.88 Å². The molecule has 96 valence electrons.